The number of nitrogens with one attached hydrogen (secondary N) is 2. The van der Waals surface area contributed by atoms with Crippen molar-refractivity contribution in [3.63, 3.8) is 0 Å². The number of nitrogens with two attached hydrogens (primary N) is 1. The van der Waals surface area contributed by atoms with Crippen LogP contribution >= 0.6 is 0 Å². The molecule has 0 radical (unpaired) electrons. The standard InChI is InChI=1S/C9H14F3N5O/c1-2-5(4-18)14-6-3-7(17-13)16-8(15-6)9(10,11)12/h3,5,18H,2,4,13H2,1H3,(H2,14,15,16,17). The zero-order valence-electron chi connectivity index (χ0n) is 9.62. The van der Waals surface area contributed by atoms with Crippen LogP contribution in [0.15, 0.2) is 6.07 Å². The number of hydrogen-bond donors (Lipinski definition) is 4. The van der Waals surface area contributed by atoms with E-state index in [1.807, 2.05) is 5.43 Å². The lowest BCUT2D eigenvalue weighted by atomic mass is 10.2. The maximum atomic E-state index is 12.5. The van der Waals surface area contributed by atoms with Crippen LogP contribution in [-0.4, -0.2) is 27.7 Å². The van der Waals surface area contributed by atoms with Gasteiger partial charge in [0.2, 0.25) is 5.82 Å². The van der Waals surface area contributed by atoms with Crippen molar-refractivity contribution in [2.24, 2.45) is 5.84 Å². The van der Waals surface area contributed by atoms with E-state index in [1.165, 1.54) is 6.07 Å². The van der Waals surface area contributed by atoms with Crippen LogP contribution in [0.1, 0.15) is 19.2 Å². The van der Waals surface area contributed by atoms with Crippen LogP contribution in [0.4, 0.5) is 24.8 Å². The number of nitrogens with zero attached hydrogens (tertiary/aromatic N) is 2. The molecule has 1 atom stereocenters. The smallest absolute Gasteiger partial charge is 0.394 e. The van der Waals surface area contributed by atoms with Crippen molar-refractivity contribution in [2.75, 3.05) is 17.3 Å². The maximum absolute atomic E-state index is 12.5. The molecule has 0 aliphatic carbocycles. The summed E-state index contributed by atoms with van der Waals surface area (Å²) < 4.78 is 37.5. The van der Waals surface area contributed by atoms with Gasteiger partial charge in [-0.15, -0.1) is 0 Å². The maximum Gasteiger partial charge on any atom is 0.451 e. The molecule has 0 bridgehead atoms. The SMILES string of the molecule is CCC(CO)Nc1cc(NN)nc(C(F)(F)F)n1. The van der Waals surface area contributed by atoms with E-state index in [2.05, 4.69) is 15.3 Å². The number of aromatic nitrogens is 2. The Kier molecular flexibility index (Phi) is 4.68. The van der Waals surface area contributed by atoms with Gasteiger partial charge < -0.3 is 15.8 Å². The number of aliphatic hydroxyl groups excluding tert-OH is 1. The van der Waals surface area contributed by atoms with Gasteiger partial charge in [-0.2, -0.15) is 13.2 Å². The second kappa shape index (κ2) is 5.83. The summed E-state index contributed by atoms with van der Waals surface area (Å²) in [5.41, 5.74) is 2.04. The molecule has 0 spiro atoms. The number of alkyl halides is 3. The molecule has 0 saturated heterocycles. The largest absolute Gasteiger partial charge is 0.451 e. The van der Waals surface area contributed by atoms with Crippen molar-refractivity contribution in [3.05, 3.63) is 11.9 Å². The molecule has 102 valence electrons. The fourth-order valence-electron chi connectivity index (χ4n) is 1.21. The highest BCUT2D eigenvalue weighted by molar-refractivity contribution is 5.47. The molecular formula is C9H14F3N5O. The van der Waals surface area contributed by atoms with E-state index in [1.54, 1.807) is 6.92 Å². The summed E-state index contributed by atoms with van der Waals surface area (Å²) in [6, 6.07) is 0.847. The Morgan fingerprint density at radius 2 is 2.00 bits per heavy atom. The highest BCUT2D eigenvalue weighted by atomic mass is 19.4. The van der Waals surface area contributed by atoms with Crippen LogP contribution in [0.2, 0.25) is 0 Å². The molecule has 1 aromatic heterocycles. The molecule has 6 nitrogen and oxygen atoms in total. The molecule has 9 heteroatoms. The number of halogens is 3. The Morgan fingerprint density at radius 3 is 2.44 bits per heavy atom. The van der Waals surface area contributed by atoms with Crippen LogP contribution in [0.25, 0.3) is 0 Å². The van der Waals surface area contributed by atoms with E-state index in [0.717, 1.165) is 0 Å². The first-order valence-corrected chi connectivity index (χ1v) is 5.21. The van der Waals surface area contributed by atoms with Gasteiger partial charge in [0.1, 0.15) is 11.6 Å². The molecule has 0 aliphatic heterocycles. The predicted molar refractivity (Wildman–Crippen MR) is 59.6 cm³/mol. The highest BCUT2D eigenvalue weighted by Crippen LogP contribution is 2.28. The lowest BCUT2D eigenvalue weighted by Gasteiger charge is -2.16. The summed E-state index contributed by atoms with van der Waals surface area (Å²) in [5.74, 6) is 3.53. The number of rotatable bonds is 5. The van der Waals surface area contributed by atoms with Crippen molar-refractivity contribution >= 4 is 11.6 Å². The summed E-state index contributed by atoms with van der Waals surface area (Å²) in [6.07, 6.45) is -4.13. The normalized spacial score (nSPS) is 13.2. The lowest BCUT2D eigenvalue weighted by molar-refractivity contribution is -0.144. The van der Waals surface area contributed by atoms with Gasteiger partial charge in [0.05, 0.1) is 12.6 Å². The van der Waals surface area contributed by atoms with Gasteiger partial charge in [0, 0.05) is 6.07 Å². The van der Waals surface area contributed by atoms with Gasteiger partial charge in [-0.25, -0.2) is 15.8 Å². The van der Waals surface area contributed by atoms with Crippen LogP contribution in [-0.2, 0) is 6.18 Å². The van der Waals surface area contributed by atoms with Crippen molar-refractivity contribution in [1.29, 1.82) is 0 Å². The fraction of sp³-hybridized carbons (Fsp3) is 0.556. The number of aliphatic hydroxyl groups is 1. The number of hydrogen-bond acceptors (Lipinski definition) is 6. The summed E-state index contributed by atoms with van der Waals surface area (Å²) in [5, 5.41) is 11.6. The molecule has 1 unspecified atom stereocenters. The van der Waals surface area contributed by atoms with Gasteiger partial charge in [0.25, 0.3) is 0 Å². The quantitative estimate of drug-likeness (QED) is 0.468. The first-order valence-electron chi connectivity index (χ1n) is 5.21. The van der Waals surface area contributed by atoms with E-state index in [9.17, 15) is 13.2 Å². The Bertz CT molecular complexity index is 394. The first kappa shape index (κ1) is 14.5. The molecule has 0 aromatic carbocycles. The monoisotopic (exact) mass is 265 g/mol. The Morgan fingerprint density at radius 1 is 1.39 bits per heavy atom. The minimum absolute atomic E-state index is 0.0498. The third kappa shape index (κ3) is 3.70. The zero-order valence-corrected chi connectivity index (χ0v) is 9.62. The van der Waals surface area contributed by atoms with Crippen LogP contribution in [0, 0.1) is 0 Å². The number of nitrogen functional groups attached to an aromatic ring is 1. The average Bonchev–Trinajstić information content (AvgIpc) is 2.34. The van der Waals surface area contributed by atoms with E-state index in [4.69, 9.17) is 10.9 Å². The van der Waals surface area contributed by atoms with Crippen molar-refractivity contribution in [2.45, 2.75) is 25.6 Å². The minimum Gasteiger partial charge on any atom is -0.394 e. The number of hydrazine groups is 1. The molecular weight excluding hydrogens is 251 g/mol. The van der Waals surface area contributed by atoms with E-state index in [-0.39, 0.29) is 24.3 Å². The van der Waals surface area contributed by atoms with Crippen molar-refractivity contribution in [3.8, 4) is 0 Å². The lowest BCUT2D eigenvalue weighted by Crippen LogP contribution is -2.25. The Hall–Kier alpha value is -1.61. The topological polar surface area (TPSA) is 96.1 Å². The second-order valence-electron chi connectivity index (χ2n) is 3.54. The van der Waals surface area contributed by atoms with E-state index in [0.29, 0.717) is 6.42 Å². The summed E-state index contributed by atoms with van der Waals surface area (Å²) >= 11 is 0. The fourth-order valence-corrected chi connectivity index (χ4v) is 1.21. The van der Waals surface area contributed by atoms with Gasteiger partial charge in [-0.1, -0.05) is 6.92 Å². The molecule has 0 fully saturated rings. The Balaban J connectivity index is 3.04. The molecule has 0 amide bonds. The third-order valence-corrected chi connectivity index (χ3v) is 2.19. The van der Waals surface area contributed by atoms with Crippen LogP contribution < -0.4 is 16.6 Å². The summed E-state index contributed by atoms with van der Waals surface area (Å²) in [7, 11) is 0. The minimum atomic E-state index is -4.66. The van der Waals surface area contributed by atoms with Gasteiger partial charge >= 0.3 is 6.18 Å². The molecule has 18 heavy (non-hydrogen) atoms. The molecule has 0 saturated carbocycles. The average molecular weight is 265 g/mol. The van der Waals surface area contributed by atoms with Crippen molar-refractivity contribution < 1.29 is 18.3 Å². The number of anilines is 2. The summed E-state index contributed by atoms with van der Waals surface area (Å²) in [4.78, 5) is 6.54. The Labute approximate surface area is 101 Å². The molecule has 1 rings (SSSR count). The van der Waals surface area contributed by atoms with Gasteiger partial charge in [-0.3, -0.25) is 0 Å². The predicted octanol–water partition coefficient (Wildman–Crippen LogP) is 0.964. The van der Waals surface area contributed by atoms with E-state index >= 15 is 0 Å². The summed E-state index contributed by atoms with van der Waals surface area (Å²) in [6.45, 7) is 1.56. The van der Waals surface area contributed by atoms with Crippen LogP contribution in [0.5, 0.6) is 0 Å². The van der Waals surface area contributed by atoms with Gasteiger partial charge in [0.15, 0.2) is 0 Å². The highest BCUT2D eigenvalue weighted by Gasteiger charge is 2.35. The van der Waals surface area contributed by atoms with Crippen LogP contribution in [0.3, 0.4) is 0 Å². The second-order valence-corrected chi connectivity index (χ2v) is 3.54. The van der Waals surface area contributed by atoms with Gasteiger partial charge in [-0.05, 0) is 6.42 Å². The zero-order chi connectivity index (χ0) is 13.8. The molecule has 1 heterocycles. The van der Waals surface area contributed by atoms with Crippen molar-refractivity contribution in [1.82, 2.24) is 9.97 Å². The van der Waals surface area contributed by atoms with E-state index < -0.39 is 12.0 Å². The first-order chi connectivity index (χ1) is 8.40. The molecule has 0 aliphatic rings. The third-order valence-electron chi connectivity index (χ3n) is 2.19. The molecule has 1 aromatic rings. The molecule has 5 N–H and O–H groups in total.